The number of rotatable bonds is 10. The lowest BCUT2D eigenvalue weighted by atomic mass is 10.0. The molecule has 0 saturated carbocycles. The van der Waals surface area contributed by atoms with E-state index in [2.05, 4.69) is 4.72 Å². The highest BCUT2D eigenvalue weighted by Crippen LogP contribution is 2.40. The van der Waals surface area contributed by atoms with Crippen LogP contribution in [0, 0.1) is 0 Å². The van der Waals surface area contributed by atoms with Crippen LogP contribution in [0.1, 0.15) is 41.1 Å². The Kier molecular flexibility index (Phi) is 9.21. The number of benzene rings is 4. The van der Waals surface area contributed by atoms with Crippen LogP contribution in [0.5, 0.6) is 0 Å². The van der Waals surface area contributed by atoms with Crippen molar-refractivity contribution in [3.8, 4) is 0 Å². The Morgan fingerprint density at radius 1 is 0.825 bits per heavy atom. The van der Waals surface area contributed by atoms with Crippen molar-refractivity contribution in [2.75, 3.05) is 11.5 Å². The SMILES string of the molecule is Nc1ccccc1SCC1CC(c2ccc(CO)cc2)OC(c2ccc(CNS(=O)(=O)c3ccccc3)cc2)O1. The number of aliphatic hydroxyl groups excluding tert-OH is 1. The molecule has 3 unspecified atom stereocenters. The highest BCUT2D eigenvalue weighted by atomic mass is 32.2. The zero-order valence-corrected chi connectivity index (χ0v) is 23.5. The van der Waals surface area contributed by atoms with Crippen molar-refractivity contribution in [1.82, 2.24) is 4.72 Å². The lowest BCUT2D eigenvalue weighted by Crippen LogP contribution is -2.31. The predicted octanol–water partition coefficient (Wildman–Crippen LogP) is 5.58. The van der Waals surface area contributed by atoms with E-state index < -0.39 is 16.3 Å². The third kappa shape index (κ3) is 7.11. The number of sulfonamides is 1. The average molecular weight is 577 g/mol. The normalized spacial score (nSPS) is 19.4. The molecule has 1 saturated heterocycles. The van der Waals surface area contributed by atoms with Crippen molar-refractivity contribution in [3.63, 3.8) is 0 Å². The molecule has 0 radical (unpaired) electrons. The molecule has 9 heteroatoms. The molecule has 0 amide bonds. The second-order valence-corrected chi connectivity index (χ2v) is 12.4. The number of hydrogen-bond donors (Lipinski definition) is 3. The number of ether oxygens (including phenoxy) is 2. The van der Waals surface area contributed by atoms with E-state index in [9.17, 15) is 13.5 Å². The molecule has 3 atom stereocenters. The van der Waals surface area contributed by atoms with Crippen LogP contribution in [-0.2, 0) is 32.6 Å². The summed E-state index contributed by atoms with van der Waals surface area (Å²) in [6.07, 6.45) is -0.204. The Morgan fingerprint density at radius 2 is 1.48 bits per heavy atom. The van der Waals surface area contributed by atoms with Crippen LogP contribution in [0.15, 0.2) is 113 Å². The first-order valence-electron chi connectivity index (χ1n) is 13.0. The monoisotopic (exact) mass is 576 g/mol. The fourth-order valence-corrected chi connectivity index (χ4v) is 6.50. The van der Waals surface area contributed by atoms with Crippen molar-refractivity contribution in [3.05, 3.63) is 125 Å². The van der Waals surface area contributed by atoms with Crippen molar-refractivity contribution >= 4 is 27.5 Å². The van der Waals surface area contributed by atoms with E-state index in [4.69, 9.17) is 15.2 Å². The summed E-state index contributed by atoms with van der Waals surface area (Å²) in [6, 6.07) is 31.5. The van der Waals surface area contributed by atoms with Gasteiger partial charge in [-0.1, -0.05) is 78.9 Å². The Labute approximate surface area is 239 Å². The van der Waals surface area contributed by atoms with Crippen LogP contribution < -0.4 is 10.5 Å². The molecule has 40 heavy (non-hydrogen) atoms. The molecule has 4 aromatic carbocycles. The third-order valence-electron chi connectivity index (χ3n) is 6.73. The van der Waals surface area contributed by atoms with Crippen LogP contribution in [0.3, 0.4) is 0 Å². The Morgan fingerprint density at radius 3 is 2.17 bits per heavy atom. The smallest absolute Gasteiger partial charge is 0.240 e. The average Bonchev–Trinajstić information content (AvgIpc) is 3.00. The molecule has 4 N–H and O–H groups in total. The summed E-state index contributed by atoms with van der Waals surface area (Å²) >= 11 is 1.66. The van der Waals surface area contributed by atoms with E-state index in [0.717, 1.165) is 32.8 Å². The molecule has 208 valence electrons. The van der Waals surface area contributed by atoms with E-state index >= 15 is 0 Å². The summed E-state index contributed by atoms with van der Waals surface area (Å²) in [7, 11) is -3.60. The molecule has 1 aliphatic heterocycles. The maximum absolute atomic E-state index is 12.6. The Bertz CT molecular complexity index is 1500. The number of nitrogens with two attached hydrogens (primary N) is 1. The van der Waals surface area contributed by atoms with Crippen molar-refractivity contribution in [2.24, 2.45) is 0 Å². The topological polar surface area (TPSA) is 111 Å². The molecule has 0 aromatic heterocycles. The molecule has 0 bridgehead atoms. The second kappa shape index (κ2) is 13.0. The number of anilines is 1. The van der Waals surface area contributed by atoms with Crippen LogP contribution in [0.25, 0.3) is 0 Å². The maximum Gasteiger partial charge on any atom is 0.240 e. The van der Waals surface area contributed by atoms with E-state index in [1.807, 2.05) is 72.8 Å². The van der Waals surface area contributed by atoms with Gasteiger partial charge in [-0.3, -0.25) is 0 Å². The molecule has 5 rings (SSSR count). The molecule has 0 spiro atoms. The van der Waals surface area contributed by atoms with Crippen LogP contribution >= 0.6 is 11.8 Å². The summed E-state index contributed by atoms with van der Waals surface area (Å²) in [6.45, 7) is 0.157. The minimum absolute atomic E-state index is 0.0108. The van der Waals surface area contributed by atoms with E-state index in [0.29, 0.717) is 12.2 Å². The standard InChI is InChI=1S/C31H32N2O5S2/c32-28-8-4-5-9-30(28)39-21-26-18-29(24-14-12-23(20-34)13-15-24)38-31(37-26)25-16-10-22(11-17-25)19-33-40(35,36)27-6-2-1-3-7-27/h1-17,26,29,31,33-34H,18-21,32H2. The van der Waals surface area contributed by atoms with Crippen LogP contribution in [0.4, 0.5) is 5.69 Å². The summed E-state index contributed by atoms with van der Waals surface area (Å²) in [5.74, 6) is 0.707. The fourth-order valence-electron chi connectivity index (χ4n) is 4.47. The van der Waals surface area contributed by atoms with Crippen LogP contribution in [-0.4, -0.2) is 25.4 Å². The van der Waals surface area contributed by atoms with Gasteiger partial charge in [-0.05, 0) is 41.0 Å². The first-order chi connectivity index (χ1) is 19.4. The maximum atomic E-state index is 12.6. The lowest BCUT2D eigenvalue weighted by Gasteiger charge is -2.36. The van der Waals surface area contributed by atoms with Crippen molar-refractivity contribution < 1.29 is 23.0 Å². The number of thioether (sulfide) groups is 1. The van der Waals surface area contributed by atoms with Gasteiger partial charge >= 0.3 is 0 Å². The number of aliphatic hydroxyl groups is 1. The summed E-state index contributed by atoms with van der Waals surface area (Å²) < 4.78 is 40.6. The summed E-state index contributed by atoms with van der Waals surface area (Å²) in [5, 5.41) is 9.43. The number of para-hydroxylation sites is 1. The molecular formula is C31H32N2O5S2. The first kappa shape index (κ1) is 28.4. The van der Waals surface area contributed by atoms with Gasteiger partial charge in [0, 0.05) is 34.9 Å². The number of nitrogen functional groups attached to an aromatic ring is 1. The molecule has 4 aromatic rings. The Hall–Kier alpha value is -3.18. The molecule has 0 aliphatic carbocycles. The van der Waals surface area contributed by atoms with Gasteiger partial charge in [0.1, 0.15) is 0 Å². The van der Waals surface area contributed by atoms with Gasteiger partial charge in [0.15, 0.2) is 6.29 Å². The zero-order valence-electron chi connectivity index (χ0n) is 21.8. The highest BCUT2D eigenvalue weighted by molar-refractivity contribution is 7.99. The molecule has 1 aliphatic rings. The van der Waals surface area contributed by atoms with E-state index in [1.165, 1.54) is 0 Å². The van der Waals surface area contributed by atoms with E-state index in [1.54, 1.807) is 42.1 Å². The minimum atomic E-state index is -3.60. The van der Waals surface area contributed by atoms with Gasteiger partial charge in [-0.25, -0.2) is 13.1 Å². The van der Waals surface area contributed by atoms with Crippen molar-refractivity contribution in [2.45, 2.75) is 47.9 Å². The largest absolute Gasteiger partial charge is 0.398 e. The highest BCUT2D eigenvalue weighted by Gasteiger charge is 2.32. The summed E-state index contributed by atoms with van der Waals surface area (Å²) in [5.41, 5.74) is 10.4. The van der Waals surface area contributed by atoms with Gasteiger partial charge in [0.05, 0.1) is 23.7 Å². The van der Waals surface area contributed by atoms with E-state index in [-0.39, 0.29) is 30.3 Å². The zero-order chi connectivity index (χ0) is 28.0. The predicted molar refractivity (Wildman–Crippen MR) is 157 cm³/mol. The summed E-state index contributed by atoms with van der Waals surface area (Å²) in [4.78, 5) is 1.25. The van der Waals surface area contributed by atoms with Gasteiger partial charge in [0.2, 0.25) is 10.0 Å². The first-order valence-corrected chi connectivity index (χ1v) is 15.5. The molecule has 1 fully saturated rings. The van der Waals surface area contributed by atoms with Gasteiger partial charge in [-0.15, -0.1) is 11.8 Å². The number of nitrogens with one attached hydrogen (secondary N) is 1. The minimum Gasteiger partial charge on any atom is -0.398 e. The van der Waals surface area contributed by atoms with Gasteiger partial charge in [0.25, 0.3) is 0 Å². The quantitative estimate of drug-likeness (QED) is 0.167. The molecular weight excluding hydrogens is 544 g/mol. The third-order valence-corrected chi connectivity index (χ3v) is 9.37. The van der Waals surface area contributed by atoms with Crippen LogP contribution in [0.2, 0.25) is 0 Å². The van der Waals surface area contributed by atoms with Gasteiger partial charge < -0.3 is 20.3 Å². The Balaban J connectivity index is 1.29. The van der Waals surface area contributed by atoms with Gasteiger partial charge in [-0.2, -0.15) is 0 Å². The number of hydrogen-bond acceptors (Lipinski definition) is 7. The second-order valence-electron chi connectivity index (χ2n) is 9.58. The lowest BCUT2D eigenvalue weighted by molar-refractivity contribution is -0.245. The van der Waals surface area contributed by atoms with Crippen molar-refractivity contribution in [1.29, 1.82) is 0 Å². The molecule has 7 nitrogen and oxygen atoms in total. The fraction of sp³-hybridized carbons (Fsp3) is 0.226. The molecule has 1 heterocycles.